The summed E-state index contributed by atoms with van der Waals surface area (Å²) in [4.78, 5) is 33.0. The van der Waals surface area contributed by atoms with Crippen molar-refractivity contribution in [2.75, 3.05) is 33.9 Å². The molecule has 37 heavy (non-hydrogen) atoms. The molecule has 0 radical (unpaired) electrons. The Morgan fingerprint density at radius 1 is 1.05 bits per heavy atom. The van der Waals surface area contributed by atoms with Gasteiger partial charge in [-0.05, 0) is 31.0 Å². The number of likely N-dealkylation sites (tertiary alicyclic amines) is 1. The van der Waals surface area contributed by atoms with Crippen LogP contribution in [-0.2, 0) is 22.7 Å². The summed E-state index contributed by atoms with van der Waals surface area (Å²) < 4.78 is 23.6. The highest BCUT2D eigenvalue weighted by atomic mass is 16.5. The molecule has 10 nitrogen and oxygen atoms in total. The highest BCUT2D eigenvalue weighted by Crippen LogP contribution is 2.33. The maximum atomic E-state index is 13.8. The van der Waals surface area contributed by atoms with Crippen molar-refractivity contribution < 1.29 is 28.8 Å². The quantitative estimate of drug-likeness (QED) is 0.444. The van der Waals surface area contributed by atoms with E-state index in [0.29, 0.717) is 44.2 Å². The van der Waals surface area contributed by atoms with Crippen molar-refractivity contribution >= 4 is 5.91 Å². The van der Waals surface area contributed by atoms with Crippen LogP contribution in [-0.4, -0.2) is 65.5 Å². The predicted octanol–water partition coefficient (Wildman–Crippen LogP) is 2.92. The molecule has 3 aromatic rings. The summed E-state index contributed by atoms with van der Waals surface area (Å²) in [5, 5.41) is 10.7. The second-order valence-electron chi connectivity index (χ2n) is 8.47. The Bertz CT molecular complexity index is 1270. The minimum absolute atomic E-state index is 0.0753. The molecular weight excluding hydrogens is 478 g/mol. The normalized spacial score (nSPS) is 15.1. The molecule has 0 spiro atoms. The molecule has 1 aliphatic heterocycles. The third-order valence-electron chi connectivity index (χ3n) is 6.17. The number of nitrogens with zero attached hydrogens (tertiary/aromatic N) is 3. The first kappa shape index (κ1) is 26.2. The fourth-order valence-corrected chi connectivity index (χ4v) is 4.31. The van der Waals surface area contributed by atoms with Crippen LogP contribution in [0, 0.1) is 0 Å². The van der Waals surface area contributed by atoms with E-state index in [0.717, 1.165) is 5.56 Å². The predicted molar refractivity (Wildman–Crippen MR) is 135 cm³/mol. The summed E-state index contributed by atoms with van der Waals surface area (Å²) in [5.41, 5.74) is 0.118. The van der Waals surface area contributed by atoms with Crippen LogP contribution < -0.4 is 15.0 Å². The largest absolute Gasteiger partial charge is 0.494 e. The summed E-state index contributed by atoms with van der Waals surface area (Å²) in [5.74, 6) is -0.495. The maximum absolute atomic E-state index is 13.8. The van der Waals surface area contributed by atoms with Crippen LogP contribution >= 0.6 is 0 Å². The monoisotopic (exact) mass is 509 g/mol. The van der Waals surface area contributed by atoms with Crippen LogP contribution in [0.1, 0.15) is 35.1 Å². The Labute approximate surface area is 215 Å². The number of rotatable bonds is 10. The van der Waals surface area contributed by atoms with Crippen molar-refractivity contribution in [1.82, 2.24) is 14.5 Å². The molecule has 10 heteroatoms. The number of methoxy groups -OCH3 is 2. The lowest BCUT2D eigenvalue weighted by molar-refractivity contribution is 0.0436. The molecule has 1 aromatic heterocycles. The maximum Gasteiger partial charge on any atom is 0.275 e. The first-order valence-electron chi connectivity index (χ1n) is 12.1. The molecule has 0 unspecified atom stereocenters. The van der Waals surface area contributed by atoms with Crippen LogP contribution in [0.15, 0.2) is 53.3 Å². The summed E-state index contributed by atoms with van der Waals surface area (Å²) in [6, 6.07) is 14.8. The van der Waals surface area contributed by atoms with E-state index < -0.39 is 22.9 Å². The Kier molecular flexibility index (Phi) is 8.42. The van der Waals surface area contributed by atoms with Gasteiger partial charge in [0.25, 0.3) is 11.5 Å². The SMILES string of the molecule is CCOCc1nc(O)c(C(=O)N2CC[C@H](OCc3ccccc3)C2)c(=O)n1-c1c(OC)cccc1OC. The van der Waals surface area contributed by atoms with Gasteiger partial charge in [-0.2, -0.15) is 4.98 Å². The molecule has 196 valence electrons. The summed E-state index contributed by atoms with van der Waals surface area (Å²) >= 11 is 0. The second-order valence-corrected chi connectivity index (χ2v) is 8.47. The summed E-state index contributed by atoms with van der Waals surface area (Å²) in [6.07, 6.45) is 0.428. The fraction of sp³-hybridized carbons (Fsp3) is 0.370. The lowest BCUT2D eigenvalue weighted by Crippen LogP contribution is -2.37. The van der Waals surface area contributed by atoms with E-state index in [-0.39, 0.29) is 24.2 Å². The van der Waals surface area contributed by atoms with Crippen molar-refractivity contribution in [3.8, 4) is 23.1 Å². The minimum Gasteiger partial charge on any atom is -0.494 e. The molecule has 2 aromatic carbocycles. The molecule has 0 saturated carbocycles. The van der Waals surface area contributed by atoms with E-state index in [1.54, 1.807) is 25.1 Å². The molecule has 2 heterocycles. The zero-order valence-corrected chi connectivity index (χ0v) is 21.2. The van der Waals surface area contributed by atoms with Crippen LogP contribution in [0.2, 0.25) is 0 Å². The third kappa shape index (κ3) is 5.60. The molecule has 0 aliphatic carbocycles. The number of carbonyl (C=O) groups is 1. The van der Waals surface area contributed by atoms with E-state index in [2.05, 4.69) is 4.98 Å². The molecule has 1 saturated heterocycles. The molecule has 1 atom stereocenters. The Hall–Kier alpha value is -3.89. The molecule has 1 N–H and O–H groups in total. The van der Waals surface area contributed by atoms with Crippen LogP contribution in [0.3, 0.4) is 0 Å². The standard InChI is InChI=1S/C27H31N3O7/c1-4-36-17-22-28-25(31)23(27(33)30(22)24-20(34-2)11-8-12-21(24)35-3)26(32)29-14-13-19(15-29)37-16-18-9-6-5-7-10-18/h5-12,19,31H,4,13-17H2,1-3H3/t19-/m0/s1. The van der Waals surface area contributed by atoms with Gasteiger partial charge in [-0.25, -0.2) is 0 Å². The number of amides is 1. The number of aromatic hydroxyl groups is 1. The number of para-hydroxylation sites is 1. The van der Waals surface area contributed by atoms with E-state index >= 15 is 0 Å². The van der Waals surface area contributed by atoms with Crippen LogP contribution in [0.5, 0.6) is 17.4 Å². The van der Waals surface area contributed by atoms with E-state index in [1.165, 1.54) is 23.7 Å². The summed E-state index contributed by atoms with van der Waals surface area (Å²) in [6.45, 7) is 3.19. The number of carbonyl (C=O) groups excluding carboxylic acids is 1. The van der Waals surface area contributed by atoms with Crippen molar-refractivity contribution in [3.63, 3.8) is 0 Å². The van der Waals surface area contributed by atoms with Gasteiger partial charge in [-0.15, -0.1) is 0 Å². The van der Waals surface area contributed by atoms with Gasteiger partial charge in [0.05, 0.1) is 26.9 Å². The summed E-state index contributed by atoms with van der Waals surface area (Å²) in [7, 11) is 2.93. The molecule has 1 amide bonds. The Morgan fingerprint density at radius 2 is 1.76 bits per heavy atom. The van der Waals surface area contributed by atoms with Crippen molar-refractivity contribution in [2.45, 2.75) is 32.7 Å². The van der Waals surface area contributed by atoms with Crippen molar-refractivity contribution in [3.05, 3.63) is 75.8 Å². The van der Waals surface area contributed by atoms with Crippen molar-refractivity contribution in [2.24, 2.45) is 0 Å². The van der Waals surface area contributed by atoms with Crippen molar-refractivity contribution in [1.29, 1.82) is 0 Å². The molecule has 1 aliphatic rings. The number of hydrogen-bond acceptors (Lipinski definition) is 8. The van der Waals surface area contributed by atoms with Crippen LogP contribution in [0.4, 0.5) is 0 Å². The van der Waals surface area contributed by atoms with E-state index in [1.807, 2.05) is 30.3 Å². The lowest BCUT2D eigenvalue weighted by Gasteiger charge is -2.21. The number of ether oxygens (including phenoxy) is 4. The average molecular weight is 510 g/mol. The Morgan fingerprint density at radius 3 is 2.41 bits per heavy atom. The number of aromatic nitrogens is 2. The van der Waals surface area contributed by atoms with Gasteiger partial charge in [-0.3, -0.25) is 14.2 Å². The third-order valence-corrected chi connectivity index (χ3v) is 6.17. The smallest absolute Gasteiger partial charge is 0.275 e. The number of benzene rings is 2. The average Bonchev–Trinajstić information content (AvgIpc) is 3.40. The first-order valence-corrected chi connectivity index (χ1v) is 12.1. The van der Waals surface area contributed by atoms with Gasteiger partial charge in [-0.1, -0.05) is 36.4 Å². The molecule has 4 rings (SSSR count). The van der Waals surface area contributed by atoms with Gasteiger partial charge < -0.3 is 29.0 Å². The zero-order chi connectivity index (χ0) is 26.4. The van der Waals surface area contributed by atoms with E-state index in [4.69, 9.17) is 18.9 Å². The zero-order valence-electron chi connectivity index (χ0n) is 21.2. The first-order chi connectivity index (χ1) is 18.0. The highest BCUT2D eigenvalue weighted by molar-refractivity contribution is 5.96. The van der Waals surface area contributed by atoms with Gasteiger partial charge in [0.2, 0.25) is 5.88 Å². The van der Waals surface area contributed by atoms with E-state index in [9.17, 15) is 14.7 Å². The molecule has 1 fully saturated rings. The lowest BCUT2D eigenvalue weighted by atomic mass is 10.2. The van der Waals surface area contributed by atoms with Crippen LogP contribution in [0.25, 0.3) is 5.69 Å². The molecule has 0 bridgehead atoms. The second kappa shape index (κ2) is 11.9. The topological polar surface area (TPSA) is 112 Å². The van der Waals surface area contributed by atoms with Gasteiger partial charge in [0, 0.05) is 19.7 Å². The highest BCUT2D eigenvalue weighted by Gasteiger charge is 2.33. The van der Waals surface area contributed by atoms with Gasteiger partial charge >= 0.3 is 0 Å². The minimum atomic E-state index is -0.747. The molecular formula is C27H31N3O7. The fourth-order valence-electron chi connectivity index (χ4n) is 4.31. The van der Waals surface area contributed by atoms with Gasteiger partial charge in [0.1, 0.15) is 29.6 Å². The Balaban J connectivity index is 1.67. The van der Waals surface area contributed by atoms with Gasteiger partial charge in [0.15, 0.2) is 5.56 Å². The number of hydrogen-bond donors (Lipinski definition) is 1.